The summed E-state index contributed by atoms with van der Waals surface area (Å²) in [7, 11) is -4.22. The zero-order chi connectivity index (χ0) is 33.4. The van der Waals surface area contributed by atoms with Gasteiger partial charge in [-0.2, -0.15) is 0 Å². The van der Waals surface area contributed by atoms with E-state index in [4.69, 9.17) is 11.6 Å². The highest BCUT2D eigenvalue weighted by molar-refractivity contribution is 7.92. The Balaban J connectivity index is 1.84. The van der Waals surface area contributed by atoms with E-state index in [1.165, 1.54) is 17.0 Å². The fourth-order valence-electron chi connectivity index (χ4n) is 5.20. The molecular formula is C37H42ClN3O4S. The smallest absolute Gasteiger partial charge is 0.264 e. The van der Waals surface area contributed by atoms with Gasteiger partial charge in [0.1, 0.15) is 12.6 Å². The zero-order valence-corrected chi connectivity index (χ0v) is 28.6. The molecule has 0 heterocycles. The van der Waals surface area contributed by atoms with Crippen LogP contribution in [0.15, 0.2) is 102 Å². The van der Waals surface area contributed by atoms with Crippen molar-refractivity contribution in [3.05, 3.63) is 130 Å². The van der Waals surface area contributed by atoms with Gasteiger partial charge in [-0.15, -0.1) is 0 Å². The standard InChI is InChI=1S/C37H42ClN3O4S/c1-6-29(5)39-37(43)35(22-30-12-8-7-9-13-30)40(24-31-14-10-11-27(3)21-31)36(42)25-41(34-23-32(38)18-17-28(34)4)46(44,45)33-19-15-26(2)16-20-33/h7-21,23,29,35H,6,22,24-25H2,1-5H3,(H,39,43)/t29-,35+/m0/s1. The van der Waals surface area contributed by atoms with E-state index in [0.29, 0.717) is 22.7 Å². The molecule has 0 saturated heterocycles. The van der Waals surface area contributed by atoms with Crippen LogP contribution in [-0.4, -0.2) is 43.8 Å². The third kappa shape index (κ3) is 8.77. The summed E-state index contributed by atoms with van der Waals surface area (Å²) in [4.78, 5) is 30.2. The molecule has 4 aromatic carbocycles. The van der Waals surface area contributed by atoms with Crippen LogP contribution in [0, 0.1) is 20.8 Å². The molecule has 46 heavy (non-hydrogen) atoms. The third-order valence-corrected chi connectivity index (χ3v) is 10.0. The van der Waals surface area contributed by atoms with Crippen LogP contribution in [0.25, 0.3) is 0 Å². The topological polar surface area (TPSA) is 86.8 Å². The number of benzene rings is 4. The van der Waals surface area contributed by atoms with Crippen molar-refractivity contribution in [2.24, 2.45) is 0 Å². The van der Waals surface area contributed by atoms with E-state index in [0.717, 1.165) is 26.6 Å². The molecule has 0 aliphatic carbocycles. The number of carbonyl (C=O) groups excluding carboxylic acids is 2. The number of rotatable bonds is 13. The lowest BCUT2D eigenvalue weighted by molar-refractivity contribution is -0.140. The first-order valence-corrected chi connectivity index (χ1v) is 17.3. The molecular weight excluding hydrogens is 618 g/mol. The quantitative estimate of drug-likeness (QED) is 0.167. The second kappa shape index (κ2) is 15.4. The lowest BCUT2D eigenvalue weighted by atomic mass is 10.0. The minimum absolute atomic E-state index is 0.0471. The number of hydrogen-bond donors (Lipinski definition) is 1. The molecule has 0 aromatic heterocycles. The largest absolute Gasteiger partial charge is 0.352 e. The fourth-order valence-corrected chi connectivity index (χ4v) is 6.84. The Morgan fingerprint density at radius 2 is 1.50 bits per heavy atom. The SMILES string of the molecule is CC[C@H](C)NC(=O)[C@@H](Cc1ccccc1)N(Cc1cccc(C)c1)C(=O)CN(c1cc(Cl)ccc1C)S(=O)(=O)c1ccc(C)cc1. The van der Waals surface area contributed by atoms with Gasteiger partial charge in [0.15, 0.2) is 0 Å². The van der Waals surface area contributed by atoms with Crippen LogP contribution in [-0.2, 0) is 32.6 Å². The monoisotopic (exact) mass is 659 g/mol. The van der Waals surface area contributed by atoms with Crippen molar-refractivity contribution in [1.82, 2.24) is 10.2 Å². The van der Waals surface area contributed by atoms with E-state index < -0.39 is 28.5 Å². The maximum Gasteiger partial charge on any atom is 0.264 e. The number of halogens is 1. The summed E-state index contributed by atoms with van der Waals surface area (Å²) in [6.07, 6.45) is 0.966. The summed E-state index contributed by atoms with van der Waals surface area (Å²) < 4.78 is 29.7. The maximum absolute atomic E-state index is 14.6. The highest BCUT2D eigenvalue weighted by atomic mass is 35.5. The molecule has 0 aliphatic heterocycles. The normalized spacial score (nSPS) is 12.7. The Morgan fingerprint density at radius 1 is 0.826 bits per heavy atom. The minimum atomic E-state index is -4.22. The molecule has 1 N–H and O–H groups in total. The molecule has 242 valence electrons. The molecule has 4 rings (SSSR count). The Labute approximate surface area is 278 Å². The van der Waals surface area contributed by atoms with Crippen LogP contribution in [0.5, 0.6) is 0 Å². The highest BCUT2D eigenvalue weighted by Gasteiger charge is 2.35. The van der Waals surface area contributed by atoms with Gasteiger partial charge >= 0.3 is 0 Å². The van der Waals surface area contributed by atoms with Crippen molar-refractivity contribution < 1.29 is 18.0 Å². The van der Waals surface area contributed by atoms with E-state index in [2.05, 4.69) is 5.32 Å². The molecule has 0 radical (unpaired) electrons. The second-order valence-electron chi connectivity index (χ2n) is 11.8. The van der Waals surface area contributed by atoms with Crippen LogP contribution in [0.4, 0.5) is 5.69 Å². The number of hydrogen-bond acceptors (Lipinski definition) is 4. The van der Waals surface area contributed by atoms with Gasteiger partial charge in [-0.3, -0.25) is 13.9 Å². The molecule has 0 aliphatic rings. The molecule has 9 heteroatoms. The van der Waals surface area contributed by atoms with Crippen LogP contribution in [0.3, 0.4) is 0 Å². The lowest BCUT2D eigenvalue weighted by Gasteiger charge is -2.34. The van der Waals surface area contributed by atoms with Crippen molar-refractivity contribution in [3.63, 3.8) is 0 Å². The van der Waals surface area contributed by atoms with Gasteiger partial charge in [0, 0.05) is 24.0 Å². The van der Waals surface area contributed by atoms with Crippen molar-refractivity contribution in [1.29, 1.82) is 0 Å². The number of sulfonamides is 1. The predicted molar refractivity (Wildman–Crippen MR) is 185 cm³/mol. The van der Waals surface area contributed by atoms with E-state index in [1.807, 2.05) is 82.3 Å². The average molecular weight is 660 g/mol. The van der Waals surface area contributed by atoms with Gasteiger partial charge in [-0.25, -0.2) is 8.42 Å². The van der Waals surface area contributed by atoms with Gasteiger partial charge in [-0.1, -0.05) is 102 Å². The number of nitrogens with one attached hydrogen (secondary N) is 1. The predicted octanol–water partition coefficient (Wildman–Crippen LogP) is 7.02. The van der Waals surface area contributed by atoms with Crippen LogP contribution in [0.1, 0.15) is 48.1 Å². The van der Waals surface area contributed by atoms with Gasteiger partial charge in [0.05, 0.1) is 10.6 Å². The van der Waals surface area contributed by atoms with Gasteiger partial charge < -0.3 is 10.2 Å². The van der Waals surface area contributed by atoms with Crippen molar-refractivity contribution in [2.75, 3.05) is 10.8 Å². The second-order valence-corrected chi connectivity index (χ2v) is 14.1. The highest BCUT2D eigenvalue weighted by Crippen LogP contribution is 2.30. The molecule has 0 spiro atoms. The van der Waals surface area contributed by atoms with E-state index >= 15 is 0 Å². The maximum atomic E-state index is 14.6. The summed E-state index contributed by atoms with van der Waals surface area (Å²) in [5.41, 5.74) is 4.54. The summed E-state index contributed by atoms with van der Waals surface area (Å²) in [5, 5.41) is 3.40. The summed E-state index contributed by atoms with van der Waals surface area (Å²) in [6, 6.07) is 27.7. The van der Waals surface area contributed by atoms with Gasteiger partial charge in [0.25, 0.3) is 10.0 Å². The molecule has 0 fully saturated rings. The lowest BCUT2D eigenvalue weighted by Crippen LogP contribution is -2.54. The number of nitrogens with zero attached hydrogens (tertiary/aromatic N) is 2. The first-order chi connectivity index (χ1) is 21.9. The van der Waals surface area contributed by atoms with Crippen molar-refractivity contribution in [2.45, 2.75) is 71.0 Å². The molecule has 4 aromatic rings. The number of carbonyl (C=O) groups is 2. The molecule has 7 nitrogen and oxygen atoms in total. The molecule has 0 unspecified atom stereocenters. The van der Waals surface area contributed by atoms with E-state index in [-0.39, 0.29) is 29.8 Å². The Hall–Kier alpha value is -4.14. The molecule has 2 amide bonds. The summed E-state index contributed by atoms with van der Waals surface area (Å²) in [5.74, 6) is -0.817. The van der Waals surface area contributed by atoms with E-state index in [9.17, 15) is 18.0 Å². The Bertz CT molecular complexity index is 1760. The van der Waals surface area contributed by atoms with Crippen molar-refractivity contribution >= 4 is 39.1 Å². The van der Waals surface area contributed by atoms with Crippen LogP contribution in [0.2, 0.25) is 5.02 Å². The summed E-state index contributed by atoms with van der Waals surface area (Å²) >= 11 is 6.37. The minimum Gasteiger partial charge on any atom is -0.352 e. The molecule has 2 atom stereocenters. The van der Waals surface area contributed by atoms with Gasteiger partial charge in [0.2, 0.25) is 11.8 Å². The first-order valence-electron chi connectivity index (χ1n) is 15.4. The Morgan fingerprint density at radius 3 is 2.15 bits per heavy atom. The summed E-state index contributed by atoms with van der Waals surface area (Å²) in [6.45, 7) is 9.08. The van der Waals surface area contributed by atoms with Gasteiger partial charge in [-0.05, 0) is 75.1 Å². The third-order valence-electron chi connectivity index (χ3n) is 8.04. The Kier molecular flexibility index (Phi) is 11.7. The van der Waals surface area contributed by atoms with Crippen LogP contribution < -0.4 is 9.62 Å². The number of amides is 2. The van der Waals surface area contributed by atoms with Crippen molar-refractivity contribution in [3.8, 4) is 0 Å². The fraction of sp³-hybridized carbons (Fsp3) is 0.297. The number of anilines is 1. The number of aryl methyl sites for hydroxylation is 3. The van der Waals surface area contributed by atoms with Crippen LogP contribution >= 0.6 is 11.6 Å². The zero-order valence-electron chi connectivity index (χ0n) is 27.0. The first kappa shape index (κ1) is 34.7. The average Bonchev–Trinajstić information content (AvgIpc) is 3.03. The molecule has 0 bridgehead atoms. The molecule has 0 saturated carbocycles. The van der Waals surface area contributed by atoms with E-state index in [1.54, 1.807) is 37.3 Å².